The van der Waals surface area contributed by atoms with Gasteiger partial charge >= 0.3 is 20.4 Å². The fraction of sp³-hybridized carbons (Fsp3) is 0.581. The second kappa shape index (κ2) is 19.9. The Morgan fingerprint density at radius 1 is 0.726 bits per heavy atom. The Balaban J connectivity index is 0.000000285. The summed E-state index contributed by atoms with van der Waals surface area (Å²) in [6.07, 6.45) is 7.19. The topological polar surface area (TPSA) is 180 Å². The van der Waals surface area contributed by atoms with Crippen LogP contribution in [0, 0.1) is 11.8 Å². The number of rotatable bonds is 12. The van der Waals surface area contributed by atoms with E-state index in [1.54, 1.807) is 36.7 Å². The highest BCUT2D eigenvalue weighted by atomic mass is 35.5. The van der Waals surface area contributed by atoms with Crippen molar-refractivity contribution in [2.75, 3.05) is 81.8 Å². The van der Waals surface area contributed by atoms with Crippen LogP contribution in [-0.2, 0) is 26.8 Å². The minimum absolute atomic E-state index is 0. The number of benzene rings is 1. The van der Waals surface area contributed by atoms with Crippen molar-refractivity contribution in [3.8, 4) is 0 Å². The zero-order valence-electron chi connectivity index (χ0n) is 36.8. The van der Waals surface area contributed by atoms with E-state index in [4.69, 9.17) is 11.6 Å². The predicted octanol–water partition coefficient (Wildman–Crippen LogP) is 4.66. The Bertz CT molecular complexity index is 2260. The monoisotopic (exact) mass is 918 g/mol. The van der Waals surface area contributed by atoms with Crippen LogP contribution in [0.5, 0.6) is 0 Å². The van der Waals surface area contributed by atoms with Gasteiger partial charge in [-0.3, -0.25) is 9.59 Å². The van der Waals surface area contributed by atoms with Crippen molar-refractivity contribution in [1.82, 2.24) is 38.2 Å². The molecule has 2 aromatic heterocycles. The first kappa shape index (κ1) is 47.6. The van der Waals surface area contributed by atoms with Crippen LogP contribution in [0.2, 0.25) is 5.02 Å². The Hall–Kier alpha value is -3.91. The van der Waals surface area contributed by atoms with Crippen LogP contribution in [0.25, 0.3) is 0 Å². The maximum atomic E-state index is 13.1. The zero-order valence-corrected chi connectivity index (χ0v) is 39.2. The van der Waals surface area contributed by atoms with Crippen LogP contribution in [0.15, 0.2) is 60.9 Å². The molecule has 344 valence electrons. The van der Waals surface area contributed by atoms with E-state index in [0.29, 0.717) is 75.8 Å². The summed E-state index contributed by atoms with van der Waals surface area (Å²) < 4.78 is 58.3. The molecule has 0 saturated carbocycles. The summed E-state index contributed by atoms with van der Waals surface area (Å²) >= 11 is 5.94. The highest BCUT2D eigenvalue weighted by molar-refractivity contribution is 7.88. The number of aromatic nitrogens is 2. The van der Waals surface area contributed by atoms with Crippen molar-refractivity contribution in [3.05, 3.63) is 82.6 Å². The molecule has 19 heteroatoms. The summed E-state index contributed by atoms with van der Waals surface area (Å²) in [5, 5.41) is 3.83. The number of amides is 2. The van der Waals surface area contributed by atoms with Crippen molar-refractivity contribution in [3.63, 3.8) is 0 Å². The lowest BCUT2D eigenvalue weighted by atomic mass is 9.97. The first-order chi connectivity index (χ1) is 29.3. The quantitative estimate of drug-likeness (QED) is 0.229. The Labute approximate surface area is 376 Å². The van der Waals surface area contributed by atoms with Crippen LogP contribution in [0.1, 0.15) is 89.9 Å². The van der Waals surface area contributed by atoms with Gasteiger partial charge in [-0.15, -0.1) is 0 Å². The second-order valence-corrected chi connectivity index (χ2v) is 22.0. The largest absolute Gasteiger partial charge is 0.351 e. The average molecular weight is 920 g/mol. The molecular formula is C43H67ClN10O6S2. The van der Waals surface area contributed by atoms with Crippen LogP contribution in [0.4, 0.5) is 11.6 Å². The van der Waals surface area contributed by atoms with Gasteiger partial charge in [-0.05, 0) is 114 Å². The third-order valence-corrected chi connectivity index (χ3v) is 15.3. The lowest BCUT2D eigenvalue weighted by Gasteiger charge is -2.34. The van der Waals surface area contributed by atoms with Gasteiger partial charge in [-0.25, -0.2) is 19.4 Å². The van der Waals surface area contributed by atoms with Gasteiger partial charge in [-0.1, -0.05) is 37.6 Å². The van der Waals surface area contributed by atoms with E-state index in [-0.39, 0.29) is 25.1 Å². The molecule has 0 aliphatic carbocycles. The lowest BCUT2D eigenvalue weighted by molar-refractivity contribution is 0.0968. The fourth-order valence-electron chi connectivity index (χ4n) is 9.21. The summed E-state index contributed by atoms with van der Waals surface area (Å²) in [6.45, 7) is 19.1. The molecule has 2 atom stereocenters. The first-order valence-electron chi connectivity index (χ1n) is 21.5. The maximum Gasteiger partial charge on any atom is 0.304 e. The van der Waals surface area contributed by atoms with E-state index in [1.807, 2.05) is 24.3 Å². The van der Waals surface area contributed by atoms with Crippen LogP contribution >= 0.6 is 11.6 Å². The molecule has 0 spiro atoms. The van der Waals surface area contributed by atoms with Crippen LogP contribution in [-0.4, -0.2) is 135 Å². The van der Waals surface area contributed by atoms with Gasteiger partial charge in [0.15, 0.2) is 0 Å². The Morgan fingerprint density at radius 3 is 1.61 bits per heavy atom. The summed E-state index contributed by atoms with van der Waals surface area (Å²) in [5.41, 5.74) is 1.51. The minimum Gasteiger partial charge on any atom is -0.351 e. The zero-order chi connectivity index (χ0) is 44.9. The number of halogens is 1. The number of carbonyl (C=O) groups excluding carboxylic acids is 2. The van der Waals surface area contributed by atoms with E-state index in [1.165, 1.54) is 14.2 Å². The van der Waals surface area contributed by atoms with Gasteiger partial charge in [0.05, 0.1) is 11.1 Å². The van der Waals surface area contributed by atoms with Crippen LogP contribution < -0.4 is 24.6 Å². The maximum absolute atomic E-state index is 13.1. The van der Waals surface area contributed by atoms with E-state index >= 15 is 0 Å². The predicted molar refractivity (Wildman–Crippen MR) is 248 cm³/mol. The Kier molecular flexibility index (Phi) is 15.2. The number of piperazine rings is 2. The van der Waals surface area contributed by atoms with Gasteiger partial charge in [0.25, 0.3) is 11.8 Å². The highest BCUT2D eigenvalue weighted by Crippen LogP contribution is 2.38. The number of aryl methyl sites for hydroxylation is 1. The van der Waals surface area contributed by atoms with Gasteiger partial charge < -0.3 is 20.0 Å². The van der Waals surface area contributed by atoms with Gasteiger partial charge in [-0.2, -0.15) is 25.4 Å². The van der Waals surface area contributed by atoms with Crippen molar-refractivity contribution in [2.45, 2.75) is 78.3 Å². The van der Waals surface area contributed by atoms with Gasteiger partial charge in [0.2, 0.25) is 0 Å². The molecule has 62 heavy (non-hydrogen) atoms. The van der Waals surface area contributed by atoms with Gasteiger partial charge in [0, 0.05) is 96.8 Å². The molecule has 7 rings (SSSR count). The van der Waals surface area contributed by atoms with Crippen molar-refractivity contribution in [2.24, 2.45) is 11.8 Å². The third-order valence-electron chi connectivity index (χ3n) is 12.1. The van der Waals surface area contributed by atoms with Crippen molar-refractivity contribution >= 4 is 55.5 Å². The number of carbonyl (C=O) groups is 2. The molecule has 2 amide bonds. The molecule has 0 bridgehead atoms. The molecule has 6 heterocycles. The summed E-state index contributed by atoms with van der Waals surface area (Å²) in [5.74, 6) is 0.734. The second-order valence-electron chi connectivity index (χ2n) is 18.2. The third kappa shape index (κ3) is 11.8. The van der Waals surface area contributed by atoms with Crippen molar-refractivity contribution in [1.29, 1.82) is 0 Å². The smallest absolute Gasteiger partial charge is 0.304 e. The number of hydrogen-bond acceptors (Lipinski definition) is 12. The van der Waals surface area contributed by atoms with Gasteiger partial charge in [0.1, 0.15) is 11.6 Å². The average Bonchev–Trinajstić information content (AvgIpc) is 3.68. The summed E-state index contributed by atoms with van der Waals surface area (Å²) in [7, 11) is -7.82. The van der Waals surface area contributed by atoms with Crippen molar-refractivity contribution < 1.29 is 29.3 Å². The van der Waals surface area contributed by atoms with E-state index in [9.17, 15) is 26.4 Å². The molecule has 3 aromatic rings. The minimum atomic E-state index is -3.95. The molecule has 3 N–H and O–H groups in total. The summed E-state index contributed by atoms with van der Waals surface area (Å²) in [4.78, 5) is 41.2. The highest BCUT2D eigenvalue weighted by Gasteiger charge is 2.41. The standard InChI is InChI=1S/C26H36ClN5O3S.C17H27N5O3S.2H2/c1-20-18-26(2,3)32(19-20)24-23(7-4-12-28-24)25(33)29-36(34,35)31-16-14-30(15-17-31)13-5-6-21-8-10-22(27)11-9-21;1-13-11-17(2,3)22(12-13)15-14(5-4-6-19-15)16(23)20-26(24,25)21-9-7-18-8-10-21;;/h4,7-12,20H,5-6,13-19H2,1-3H3,(H,29,33);4-6,13,18H,7-12H2,1-3H3,(H,20,23);2*1H/t20-;13-;;/m00../s1. The van der Waals surface area contributed by atoms with E-state index in [0.717, 1.165) is 50.3 Å². The molecular weight excluding hydrogens is 852 g/mol. The molecule has 16 nitrogen and oxygen atoms in total. The number of nitrogens with zero attached hydrogens (tertiary/aromatic N) is 7. The fourth-order valence-corrected chi connectivity index (χ4v) is 11.6. The van der Waals surface area contributed by atoms with E-state index in [2.05, 4.69) is 81.0 Å². The molecule has 0 radical (unpaired) electrons. The summed E-state index contributed by atoms with van der Waals surface area (Å²) in [6, 6.07) is 14.5. The Morgan fingerprint density at radius 2 is 1.18 bits per heavy atom. The van der Waals surface area contributed by atoms with E-state index < -0.39 is 32.2 Å². The number of pyridine rings is 2. The normalized spacial score (nSPS) is 22.2. The molecule has 0 unspecified atom stereocenters. The number of anilines is 2. The lowest BCUT2D eigenvalue weighted by Crippen LogP contribution is -2.53. The molecule has 4 fully saturated rings. The molecule has 1 aromatic carbocycles. The molecule has 4 saturated heterocycles. The number of nitrogens with one attached hydrogen (secondary N) is 3. The first-order valence-corrected chi connectivity index (χ1v) is 24.8. The van der Waals surface area contributed by atoms with Crippen LogP contribution in [0.3, 0.4) is 0 Å². The SMILES string of the molecule is C[C@@H]1CN(c2ncccc2C(=O)NS(=O)(=O)N2CCN(CCCc3ccc(Cl)cc3)CC2)C(C)(C)C1.C[C@@H]1CN(c2ncccc2C(=O)NS(=O)(=O)N2CCNCC2)C(C)(C)C1.[HH].[HH]. The molecule has 4 aliphatic heterocycles. The molecule has 4 aliphatic rings. The number of hydrogen-bond donors (Lipinski definition) is 3.